The number of esters is 1. The maximum Gasteiger partial charge on any atom is 0.332 e. The predicted molar refractivity (Wildman–Crippen MR) is 149 cm³/mol. The van der Waals surface area contributed by atoms with Gasteiger partial charge in [-0.05, 0) is 115 Å². The van der Waals surface area contributed by atoms with Gasteiger partial charge in [0.1, 0.15) is 18.8 Å². The van der Waals surface area contributed by atoms with Gasteiger partial charge in [0, 0.05) is 7.11 Å². The van der Waals surface area contributed by atoms with Crippen molar-refractivity contribution >= 4 is 11.9 Å². The minimum absolute atomic E-state index is 0.0281. The zero-order valence-corrected chi connectivity index (χ0v) is 25.6. The summed E-state index contributed by atoms with van der Waals surface area (Å²) in [5.41, 5.74) is -1.00. The van der Waals surface area contributed by atoms with Gasteiger partial charge in [0.05, 0.1) is 18.1 Å². The highest BCUT2D eigenvalue weighted by molar-refractivity contribution is 5.76. The minimum Gasteiger partial charge on any atom is -0.481 e. The standard InChI is InChI=1S/C33H52O7/c1-28(2)22-10-13-31(5)23(29(22,3)12-11-24(28)34)8-7-20-26-21(33(19-40-33)18-39-25(35)17-38-6)9-14-32(26,27(36)37)16-15-30(20,31)4/h20-24,26,34H,7-19H2,1-6H3,(H,36,37)/t20?,21-,22+,23-,24-,26-,29+,30-,31-,32+,33?/m1/s1. The van der Waals surface area contributed by atoms with Crippen LogP contribution in [-0.2, 0) is 23.8 Å². The average molecular weight is 561 g/mol. The highest BCUT2D eigenvalue weighted by atomic mass is 16.6. The van der Waals surface area contributed by atoms with Crippen LogP contribution in [0.3, 0.4) is 0 Å². The number of carboxylic acid groups (broad SMARTS) is 1. The zero-order valence-electron chi connectivity index (χ0n) is 25.6. The number of carbonyl (C=O) groups excluding carboxylic acids is 1. The van der Waals surface area contributed by atoms with Crippen LogP contribution < -0.4 is 0 Å². The molecule has 6 aliphatic rings. The molecule has 1 aliphatic heterocycles. The van der Waals surface area contributed by atoms with Crippen molar-refractivity contribution in [3.05, 3.63) is 0 Å². The summed E-state index contributed by atoms with van der Waals surface area (Å²) in [5, 5.41) is 21.8. The Hall–Kier alpha value is -1.18. The van der Waals surface area contributed by atoms with Crippen molar-refractivity contribution in [2.24, 2.45) is 56.7 Å². The molecule has 0 radical (unpaired) electrons. The largest absolute Gasteiger partial charge is 0.481 e. The first-order valence-electron chi connectivity index (χ1n) is 15.9. The van der Waals surface area contributed by atoms with E-state index in [4.69, 9.17) is 14.2 Å². The lowest BCUT2D eigenvalue weighted by Crippen LogP contribution is -2.67. The summed E-state index contributed by atoms with van der Waals surface area (Å²) < 4.78 is 16.7. The lowest BCUT2D eigenvalue weighted by Gasteiger charge is -2.72. The molecule has 7 nitrogen and oxygen atoms in total. The van der Waals surface area contributed by atoms with E-state index < -0.39 is 23.0 Å². The summed E-state index contributed by atoms with van der Waals surface area (Å²) in [7, 11) is 1.48. The number of methoxy groups -OCH3 is 1. The predicted octanol–water partition coefficient (Wildman–Crippen LogP) is 5.47. The van der Waals surface area contributed by atoms with Gasteiger partial charge in [-0.3, -0.25) is 4.79 Å². The number of ether oxygens (including phenoxy) is 3. The van der Waals surface area contributed by atoms with Crippen LogP contribution in [0.25, 0.3) is 0 Å². The molecular formula is C33H52O7. The quantitative estimate of drug-likeness (QED) is 0.328. The summed E-state index contributed by atoms with van der Waals surface area (Å²) in [4.78, 5) is 25.3. The third kappa shape index (κ3) is 3.65. The second kappa shape index (κ2) is 9.16. The van der Waals surface area contributed by atoms with Gasteiger partial charge in [0.25, 0.3) is 0 Å². The zero-order chi connectivity index (χ0) is 28.9. The van der Waals surface area contributed by atoms with E-state index in [-0.39, 0.29) is 52.8 Å². The van der Waals surface area contributed by atoms with Gasteiger partial charge in [0.15, 0.2) is 0 Å². The van der Waals surface area contributed by atoms with Crippen LogP contribution in [0, 0.1) is 56.7 Å². The third-order valence-electron chi connectivity index (χ3n) is 14.8. The molecule has 2 N–H and O–H groups in total. The summed E-state index contributed by atoms with van der Waals surface area (Å²) in [6, 6.07) is 0. The fraction of sp³-hybridized carbons (Fsp3) is 0.939. The highest BCUT2D eigenvalue weighted by Crippen LogP contribution is 2.78. The molecule has 40 heavy (non-hydrogen) atoms. The fourth-order valence-corrected chi connectivity index (χ4v) is 12.4. The normalized spacial score (nSPS) is 52.5. The second-order valence-electron chi connectivity index (χ2n) is 16.1. The SMILES string of the molecule is COCC(=O)OCC1([C@@H]2CC[C@]3(C(=O)O)CC[C@]4(C)C(CC[C@@H]5[C@@]6(C)CC[C@@H](O)C(C)(C)[C@@H]6CC[C@]54C)[C@H]23)CO1. The molecule has 5 aliphatic carbocycles. The highest BCUT2D eigenvalue weighted by Gasteiger charge is 2.74. The van der Waals surface area contributed by atoms with E-state index in [1.165, 1.54) is 7.11 Å². The van der Waals surface area contributed by atoms with Crippen LogP contribution in [0.1, 0.15) is 98.8 Å². The molecule has 226 valence electrons. The number of epoxide rings is 1. The van der Waals surface area contributed by atoms with Gasteiger partial charge in [-0.2, -0.15) is 0 Å². The molecule has 0 aromatic rings. The smallest absolute Gasteiger partial charge is 0.332 e. The molecule has 0 spiro atoms. The Morgan fingerprint density at radius 1 is 0.850 bits per heavy atom. The van der Waals surface area contributed by atoms with Crippen LogP contribution >= 0.6 is 0 Å². The average Bonchev–Trinajstić information content (AvgIpc) is 3.57. The topological polar surface area (TPSA) is 106 Å². The molecule has 0 bridgehead atoms. The number of hydrogen-bond acceptors (Lipinski definition) is 6. The van der Waals surface area contributed by atoms with Crippen molar-refractivity contribution in [3.8, 4) is 0 Å². The van der Waals surface area contributed by atoms with Crippen molar-refractivity contribution in [2.45, 2.75) is 111 Å². The minimum atomic E-state index is -0.717. The molecule has 1 heterocycles. The van der Waals surface area contributed by atoms with Crippen LogP contribution in [0.15, 0.2) is 0 Å². The molecule has 0 amide bonds. The van der Waals surface area contributed by atoms with Crippen LogP contribution in [0.4, 0.5) is 0 Å². The van der Waals surface area contributed by atoms with Crippen molar-refractivity contribution in [3.63, 3.8) is 0 Å². The Morgan fingerprint density at radius 2 is 1.57 bits per heavy atom. The van der Waals surface area contributed by atoms with E-state index in [0.29, 0.717) is 30.8 Å². The van der Waals surface area contributed by atoms with E-state index in [1.807, 2.05) is 0 Å². The number of rotatable bonds is 6. The molecule has 0 aromatic heterocycles. The van der Waals surface area contributed by atoms with E-state index in [0.717, 1.165) is 57.8 Å². The first-order chi connectivity index (χ1) is 18.7. The molecule has 5 saturated carbocycles. The van der Waals surface area contributed by atoms with Crippen LogP contribution in [0.5, 0.6) is 0 Å². The number of carbonyl (C=O) groups is 2. The Labute approximate surface area is 240 Å². The molecule has 1 saturated heterocycles. The molecule has 11 atom stereocenters. The molecule has 6 fully saturated rings. The fourth-order valence-electron chi connectivity index (χ4n) is 12.4. The molecule has 6 rings (SSSR count). The molecule has 0 aromatic carbocycles. The number of hydrogen-bond donors (Lipinski definition) is 2. The summed E-state index contributed by atoms with van der Waals surface area (Å²) in [6.07, 6.45) is 9.38. The molecule has 7 heteroatoms. The molecular weight excluding hydrogens is 508 g/mol. The van der Waals surface area contributed by atoms with Gasteiger partial charge in [-0.15, -0.1) is 0 Å². The number of carboxylic acids is 1. The maximum atomic E-state index is 13.1. The number of fused-ring (bicyclic) bond motifs is 7. The van der Waals surface area contributed by atoms with E-state index in [2.05, 4.69) is 34.6 Å². The van der Waals surface area contributed by atoms with Crippen molar-refractivity contribution in [1.29, 1.82) is 0 Å². The van der Waals surface area contributed by atoms with Gasteiger partial charge in [-0.25, -0.2) is 4.79 Å². The second-order valence-corrected chi connectivity index (χ2v) is 16.1. The van der Waals surface area contributed by atoms with Gasteiger partial charge in [-0.1, -0.05) is 34.6 Å². The first-order valence-corrected chi connectivity index (χ1v) is 15.9. The van der Waals surface area contributed by atoms with E-state index in [9.17, 15) is 19.8 Å². The van der Waals surface area contributed by atoms with Crippen molar-refractivity contribution in [2.75, 3.05) is 26.9 Å². The third-order valence-corrected chi connectivity index (χ3v) is 14.8. The first kappa shape index (κ1) is 28.9. The lowest BCUT2D eigenvalue weighted by molar-refractivity contribution is -0.250. The Bertz CT molecular complexity index is 1050. The van der Waals surface area contributed by atoms with E-state index >= 15 is 0 Å². The van der Waals surface area contributed by atoms with Gasteiger partial charge in [0.2, 0.25) is 0 Å². The Balaban J connectivity index is 1.34. The van der Waals surface area contributed by atoms with Crippen LogP contribution in [-0.4, -0.2) is 60.8 Å². The van der Waals surface area contributed by atoms with Gasteiger partial charge >= 0.3 is 11.9 Å². The monoisotopic (exact) mass is 560 g/mol. The number of aliphatic hydroxyl groups is 1. The number of aliphatic carboxylic acids is 1. The van der Waals surface area contributed by atoms with Crippen LogP contribution in [0.2, 0.25) is 0 Å². The molecule has 2 unspecified atom stereocenters. The van der Waals surface area contributed by atoms with E-state index in [1.54, 1.807) is 0 Å². The van der Waals surface area contributed by atoms with Gasteiger partial charge < -0.3 is 24.4 Å². The summed E-state index contributed by atoms with van der Waals surface area (Å²) in [5.74, 6) is 0.467. The lowest BCUT2D eigenvalue weighted by atomic mass is 9.32. The van der Waals surface area contributed by atoms with Crippen molar-refractivity contribution < 1.29 is 34.0 Å². The Kier molecular flexibility index (Phi) is 6.62. The maximum absolute atomic E-state index is 13.1. The van der Waals surface area contributed by atoms with Crippen molar-refractivity contribution in [1.82, 2.24) is 0 Å². The summed E-state index contributed by atoms with van der Waals surface area (Å²) in [6.45, 7) is 12.8. The summed E-state index contributed by atoms with van der Waals surface area (Å²) >= 11 is 0. The number of aliphatic hydroxyl groups excluding tert-OH is 1. The Morgan fingerprint density at radius 3 is 2.23 bits per heavy atom.